The van der Waals surface area contributed by atoms with E-state index >= 15 is 0 Å². The van der Waals surface area contributed by atoms with Crippen LogP contribution in [0.4, 0.5) is 0 Å². The van der Waals surface area contributed by atoms with Gasteiger partial charge in [0.1, 0.15) is 0 Å². The van der Waals surface area contributed by atoms with E-state index in [1.165, 1.54) is 0 Å². The smallest absolute Gasteiger partial charge is 0.339 e. The largest absolute Gasteiger partial charge is 0.462 e. The Kier molecular flexibility index (Phi) is 6.88. The first kappa shape index (κ1) is 13.0. The molecular formula is C10H14O3S. The normalized spacial score (nSPS) is 8.57. The van der Waals surface area contributed by atoms with E-state index in [1.807, 2.05) is 6.07 Å². The van der Waals surface area contributed by atoms with E-state index in [4.69, 9.17) is 9.84 Å². The SMILES string of the molecule is CCOC(=O)c1ccccc1S.CO. The number of esters is 1. The van der Waals surface area contributed by atoms with Gasteiger partial charge in [-0.3, -0.25) is 0 Å². The minimum atomic E-state index is -0.317. The lowest BCUT2D eigenvalue weighted by atomic mass is 10.2. The summed E-state index contributed by atoms with van der Waals surface area (Å²) >= 11 is 4.13. The third-order valence-electron chi connectivity index (χ3n) is 1.40. The zero-order valence-corrected chi connectivity index (χ0v) is 9.12. The molecule has 0 bridgehead atoms. The molecule has 0 heterocycles. The van der Waals surface area contributed by atoms with Crippen LogP contribution in [0.25, 0.3) is 0 Å². The van der Waals surface area contributed by atoms with Crippen molar-refractivity contribution in [3.8, 4) is 0 Å². The minimum absolute atomic E-state index is 0.317. The molecule has 0 fully saturated rings. The van der Waals surface area contributed by atoms with Crippen LogP contribution in [0.2, 0.25) is 0 Å². The quantitative estimate of drug-likeness (QED) is 0.582. The number of thiol groups is 1. The highest BCUT2D eigenvalue weighted by atomic mass is 32.1. The minimum Gasteiger partial charge on any atom is -0.462 e. The number of benzene rings is 1. The second kappa shape index (κ2) is 7.41. The Bertz CT molecular complexity index is 286. The maximum Gasteiger partial charge on any atom is 0.339 e. The summed E-state index contributed by atoms with van der Waals surface area (Å²) in [6.45, 7) is 2.17. The molecule has 1 aromatic rings. The molecule has 14 heavy (non-hydrogen) atoms. The van der Waals surface area contributed by atoms with Gasteiger partial charge in [0, 0.05) is 12.0 Å². The third kappa shape index (κ3) is 3.81. The summed E-state index contributed by atoms with van der Waals surface area (Å²) in [6, 6.07) is 7.06. The Morgan fingerprint density at radius 3 is 2.50 bits per heavy atom. The Balaban J connectivity index is 0.000000791. The summed E-state index contributed by atoms with van der Waals surface area (Å²) in [5.41, 5.74) is 0.516. The highest BCUT2D eigenvalue weighted by Crippen LogP contribution is 2.13. The molecule has 0 unspecified atom stereocenters. The number of hydrogen-bond donors (Lipinski definition) is 2. The van der Waals surface area contributed by atoms with E-state index in [1.54, 1.807) is 25.1 Å². The molecule has 3 nitrogen and oxygen atoms in total. The highest BCUT2D eigenvalue weighted by Gasteiger charge is 2.08. The van der Waals surface area contributed by atoms with E-state index in [2.05, 4.69) is 12.6 Å². The molecule has 4 heteroatoms. The maximum atomic E-state index is 11.2. The fourth-order valence-corrected chi connectivity index (χ4v) is 1.11. The summed E-state index contributed by atoms with van der Waals surface area (Å²) in [5.74, 6) is -0.317. The lowest BCUT2D eigenvalue weighted by molar-refractivity contribution is 0.0522. The van der Waals surface area contributed by atoms with Crippen LogP contribution in [0.1, 0.15) is 17.3 Å². The summed E-state index contributed by atoms with van der Waals surface area (Å²) in [6.07, 6.45) is 0. The summed E-state index contributed by atoms with van der Waals surface area (Å²) in [7, 11) is 1.00. The standard InChI is InChI=1S/C9H10O2S.CH4O/c1-2-11-9(10)7-5-3-4-6-8(7)12;1-2/h3-6,12H,2H2,1H3;2H,1H3. The number of carbonyl (C=O) groups excluding carboxylic acids is 1. The zero-order valence-electron chi connectivity index (χ0n) is 8.23. The Labute approximate surface area is 89.1 Å². The van der Waals surface area contributed by atoms with Crippen molar-refractivity contribution in [3.05, 3.63) is 29.8 Å². The molecule has 0 amide bonds. The molecule has 78 valence electrons. The Morgan fingerprint density at radius 2 is 2.00 bits per heavy atom. The molecule has 0 aromatic heterocycles. The number of aliphatic hydroxyl groups excluding tert-OH is 1. The number of ether oxygens (including phenoxy) is 1. The predicted octanol–water partition coefficient (Wildman–Crippen LogP) is 1.76. The van der Waals surface area contributed by atoms with Crippen LogP contribution < -0.4 is 0 Å². The molecule has 0 aliphatic carbocycles. The highest BCUT2D eigenvalue weighted by molar-refractivity contribution is 7.80. The fraction of sp³-hybridized carbons (Fsp3) is 0.300. The first-order valence-corrected chi connectivity index (χ1v) is 4.60. The van der Waals surface area contributed by atoms with Crippen LogP contribution >= 0.6 is 12.6 Å². The molecule has 1 N–H and O–H groups in total. The van der Waals surface area contributed by atoms with Crippen molar-refractivity contribution < 1.29 is 14.6 Å². The van der Waals surface area contributed by atoms with Crippen molar-refractivity contribution in [2.45, 2.75) is 11.8 Å². The summed E-state index contributed by atoms with van der Waals surface area (Å²) in [5, 5.41) is 7.00. The number of aliphatic hydroxyl groups is 1. The average molecular weight is 214 g/mol. The maximum absolute atomic E-state index is 11.2. The van der Waals surface area contributed by atoms with E-state index in [-0.39, 0.29) is 5.97 Å². The topological polar surface area (TPSA) is 46.5 Å². The first-order valence-electron chi connectivity index (χ1n) is 4.15. The van der Waals surface area contributed by atoms with E-state index in [0.717, 1.165) is 7.11 Å². The number of rotatable bonds is 2. The second-order valence-electron chi connectivity index (χ2n) is 2.24. The van der Waals surface area contributed by atoms with Crippen molar-refractivity contribution in [1.82, 2.24) is 0 Å². The van der Waals surface area contributed by atoms with Gasteiger partial charge in [0.15, 0.2) is 0 Å². The molecule has 0 aliphatic heterocycles. The molecular weight excluding hydrogens is 200 g/mol. The van der Waals surface area contributed by atoms with Crippen LogP contribution in [0.15, 0.2) is 29.2 Å². The van der Waals surface area contributed by atoms with Gasteiger partial charge in [-0.2, -0.15) is 0 Å². The van der Waals surface area contributed by atoms with Gasteiger partial charge in [-0.05, 0) is 19.1 Å². The van der Waals surface area contributed by atoms with Crippen LogP contribution in [-0.2, 0) is 4.74 Å². The van der Waals surface area contributed by atoms with Gasteiger partial charge in [0.05, 0.1) is 12.2 Å². The van der Waals surface area contributed by atoms with Crippen LogP contribution in [0.3, 0.4) is 0 Å². The first-order chi connectivity index (χ1) is 6.75. The van der Waals surface area contributed by atoms with Crippen LogP contribution in [-0.4, -0.2) is 24.8 Å². The lowest BCUT2D eigenvalue weighted by Crippen LogP contribution is -2.05. The van der Waals surface area contributed by atoms with Crippen molar-refractivity contribution >= 4 is 18.6 Å². The van der Waals surface area contributed by atoms with E-state index in [9.17, 15) is 4.79 Å². The van der Waals surface area contributed by atoms with Gasteiger partial charge in [0.2, 0.25) is 0 Å². The average Bonchev–Trinajstić information content (AvgIpc) is 2.22. The van der Waals surface area contributed by atoms with Crippen LogP contribution in [0, 0.1) is 0 Å². The van der Waals surface area contributed by atoms with Crippen molar-refractivity contribution in [2.24, 2.45) is 0 Å². The molecule has 1 rings (SSSR count). The third-order valence-corrected chi connectivity index (χ3v) is 1.79. The van der Waals surface area contributed by atoms with Crippen LogP contribution in [0.5, 0.6) is 0 Å². The van der Waals surface area contributed by atoms with E-state index in [0.29, 0.717) is 17.1 Å². The Hall–Kier alpha value is -1.00. The zero-order chi connectivity index (χ0) is 11.0. The van der Waals surface area contributed by atoms with Gasteiger partial charge >= 0.3 is 5.97 Å². The Morgan fingerprint density at radius 1 is 1.43 bits per heavy atom. The predicted molar refractivity (Wildman–Crippen MR) is 57.8 cm³/mol. The molecule has 0 saturated heterocycles. The van der Waals surface area contributed by atoms with Gasteiger partial charge in [-0.1, -0.05) is 12.1 Å². The van der Waals surface area contributed by atoms with Gasteiger partial charge in [-0.25, -0.2) is 4.79 Å². The van der Waals surface area contributed by atoms with E-state index < -0.39 is 0 Å². The monoisotopic (exact) mass is 214 g/mol. The molecule has 1 aromatic carbocycles. The lowest BCUT2D eigenvalue weighted by Gasteiger charge is -2.02. The van der Waals surface area contributed by atoms with Crippen molar-refractivity contribution in [2.75, 3.05) is 13.7 Å². The molecule has 0 saturated carbocycles. The van der Waals surface area contributed by atoms with Gasteiger partial charge in [-0.15, -0.1) is 12.6 Å². The molecule has 0 radical (unpaired) electrons. The molecule has 0 aliphatic rings. The summed E-state index contributed by atoms with van der Waals surface area (Å²) < 4.78 is 4.82. The molecule has 0 atom stereocenters. The van der Waals surface area contributed by atoms with Crippen molar-refractivity contribution in [1.29, 1.82) is 0 Å². The second-order valence-corrected chi connectivity index (χ2v) is 2.72. The number of carbonyl (C=O) groups is 1. The molecule has 0 spiro atoms. The summed E-state index contributed by atoms with van der Waals surface area (Å²) in [4.78, 5) is 11.8. The fourth-order valence-electron chi connectivity index (χ4n) is 0.855. The van der Waals surface area contributed by atoms with Crippen molar-refractivity contribution in [3.63, 3.8) is 0 Å². The van der Waals surface area contributed by atoms with Gasteiger partial charge in [0.25, 0.3) is 0 Å². The number of hydrogen-bond acceptors (Lipinski definition) is 4. The van der Waals surface area contributed by atoms with Gasteiger partial charge < -0.3 is 9.84 Å².